The Morgan fingerprint density at radius 3 is 2.83 bits per heavy atom. The maximum Gasteiger partial charge on any atom is 0.238 e. The van der Waals surface area contributed by atoms with Gasteiger partial charge in [-0.3, -0.25) is 4.79 Å². The van der Waals surface area contributed by atoms with Crippen molar-refractivity contribution < 1.29 is 4.79 Å². The van der Waals surface area contributed by atoms with Gasteiger partial charge in [-0.25, -0.2) is 0 Å². The van der Waals surface area contributed by atoms with Crippen LogP contribution in [-0.2, 0) is 4.79 Å². The van der Waals surface area contributed by atoms with Gasteiger partial charge in [0.15, 0.2) is 0 Å². The molecule has 0 aliphatic carbocycles. The molecule has 0 aromatic heterocycles. The van der Waals surface area contributed by atoms with Crippen LogP contribution in [0.1, 0.15) is 18.5 Å². The summed E-state index contributed by atoms with van der Waals surface area (Å²) in [6, 6.07) is 17.1. The van der Waals surface area contributed by atoms with Crippen molar-refractivity contribution in [1.82, 2.24) is 5.32 Å². The van der Waals surface area contributed by atoms with Crippen LogP contribution in [0.3, 0.4) is 0 Å². The molecule has 6 heteroatoms. The van der Waals surface area contributed by atoms with E-state index in [-0.39, 0.29) is 18.5 Å². The predicted molar refractivity (Wildman–Crippen MR) is 99.3 cm³/mol. The number of nitriles is 1. The largest absolute Gasteiger partial charge is 0.324 e. The van der Waals surface area contributed by atoms with Gasteiger partial charge in [0.1, 0.15) is 0 Å². The lowest BCUT2D eigenvalue weighted by molar-refractivity contribution is -0.115. The van der Waals surface area contributed by atoms with Crippen molar-refractivity contribution in [1.29, 1.82) is 5.26 Å². The molecule has 0 fully saturated rings. The van der Waals surface area contributed by atoms with Crippen molar-refractivity contribution in [2.75, 3.05) is 17.6 Å². The second-order valence-corrected chi connectivity index (χ2v) is 6.60. The second-order valence-electron chi connectivity index (χ2n) is 5.15. The summed E-state index contributed by atoms with van der Waals surface area (Å²) in [6.07, 6.45) is 0. The van der Waals surface area contributed by atoms with Crippen LogP contribution in [0.5, 0.6) is 0 Å². The normalized spacial score (nSPS) is 11.5. The minimum atomic E-state index is -0.131. The van der Waals surface area contributed by atoms with Crippen LogP contribution >= 0.6 is 23.4 Å². The Bertz CT molecular complexity index is 745. The van der Waals surface area contributed by atoms with E-state index in [4.69, 9.17) is 16.9 Å². The highest BCUT2D eigenvalue weighted by molar-refractivity contribution is 7.99. The van der Waals surface area contributed by atoms with Crippen molar-refractivity contribution in [3.8, 4) is 6.07 Å². The van der Waals surface area contributed by atoms with Gasteiger partial charge in [-0.1, -0.05) is 35.9 Å². The van der Waals surface area contributed by atoms with E-state index in [0.29, 0.717) is 10.8 Å². The van der Waals surface area contributed by atoms with E-state index in [9.17, 15) is 4.79 Å². The van der Waals surface area contributed by atoms with Crippen LogP contribution in [0.25, 0.3) is 0 Å². The molecule has 124 valence electrons. The minimum Gasteiger partial charge on any atom is -0.324 e. The summed E-state index contributed by atoms with van der Waals surface area (Å²) < 4.78 is 0. The Morgan fingerprint density at radius 2 is 2.08 bits per heavy atom. The average Bonchev–Trinajstić information content (AvgIpc) is 2.59. The summed E-state index contributed by atoms with van der Waals surface area (Å²) in [5.74, 6) is 0.214. The zero-order valence-electron chi connectivity index (χ0n) is 13.3. The van der Waals surface area contributed by atoms with Gasteiger partial charge in [-0.2, -0.15) is 5.26 Å². The number of rotatable bonds is 7. The van der Waals surface area contributed by atoms with Crippen LogP contribution in [0, 0.1) is 11.3 Å². The van der Waals surface area contributed by atoms with Crippen molar-refractivity contribution in [2.24, 2.45) is 0 Å². The summed E-state index contributed by atoms with van der Waals surface area (Å²) in [4.78, 5) is 13.1. The lowest BCUT2D eigenvalue weighted by atomic mass is 10.1. The molecule has 2 N–H and O–H groups in total. The zero-order valence-corrected chi connectivity index (χ0v) is 14.8. The maximum absolute atomic E-state index is 12.2. The first kappa shape index (κ1) is 18.3. The number of carbonyl (C=O) groups is 1. The van der Waals surface area contributed by atoms with E-state index in [1.54, 1.807) is 0 Å². The SMILES string of the molecule is C[C@H](NCC(=O)Nc1ccccc1SCC#N)c1cccc(Cl)c1. The molecule has 0 aliphatic rings. The number of hydrogen-bond donors (Lipinski definition) is 2. The van der Waals surface area contributed by atoms with E-state index in [1.807, 2.05) is 55.5 Å². The molecular formula is C18H18ClN3OS. The quantitative estimate of drug-likeness (QED) is 0.725. The number of nitrogens with zero attached hydrogens (tertiary/aromatic N) is 1. The minimum absolute atomic E-state index is 0.0117. The summed E-state index contributed by atoms with van der Waals surface area (Å²) in [5, 5.41) is 15.4. The molecule has 0 spiro atoms. The molecule has 0 heterocycles. The Balaban J connectivity index is 1.91. The van der Waals surface area contributed by atoms with Gasteiger partial charge in [0.25, 0.3) is 0 Å². The fourth-order valence-corrected chi connectivity index (χ4v) is 3.01. The van der Waals surface area contributed by atoms with Gasteiger partial charge < -0.3 is 10.6 Å². The number of thioether (sulfide) groups is 1. The second kappa shape index (κ2) is 9.33. The number of benzene rings is 2. The zero-order chi connectivity index (χ0) is 17.4. The molecule has 0 aliphatic heterocycles. The van der Waals surface area contributed by atoms with Crippen LogP contribution in [-0.4, -0.2) is 18.2 Å². The highest BCUT2D eigenvalue weighted by atomic mass is 35.5. The van der Waals surface area contributed by atoms with Gasteiger partial charge >= 0.3 is 0 Å². The Labute approximate surface area is 151 Å². The number of para-hydroxylation sites is 1. The van der Waals surface area contributed by atoms with Crippen molar-refractivity contribution >= 4 is 35.0 Å². The number of carbonyl (C=O) groups excluding carboxylic acids is 1. The molecule has 4 nitrogen and oxygen atoms in total. The molecule has 1 amide bonds. The summed E-state index contributed by atoms with van der Waals surface area (Å²) in [6.45, 7) is 2.17. The van der Waals surface area contributed by atoms with Crippen LogP contribution in [0.2, 0.25) is 5.02 Å². The predicted octanol–water partition coefficient (Wildman–Crippen LogP) is 4.24. The summed E-state index contributed by atoms with van der Waals surface area (Å²) in [7, 11) is 0. The number of halogens is 1. The van der Waals surface area contributed by atoms with Crippen LogP contribution < -0.4 is 10.6 Å². The van der Waals surface area contributed by atoms with Crippen molar-refractivity contribution in [3.05, 3.63) is 59.1 Å². The molecule has 1 atom stereocenters. The van der Waals surface area contributed by atoms with E-state index < -0.39 is 0 Å². The molecule has 2 aromatic carbocycles. The van der Waals surface area contributed by atoms with Crippen LogP contribution in [0.15, 0.2) is 53.4 Å². The van der Waals surface area contributed by atoms with E-state index in [0.717, 1.165) is 16.1 Å². The van der Waals surface area contributed by atoms with Gasteiger partial charge in [0, 0.05) is 16.0 Å². The molecule has 2 rings (SSSR count). The smallest absolute Gasteiger partial charge is 0.238 e. The number of nitrogens with one attached hydrogen (secondary N) is 2. The van der Waals surface area contributed by atoms with Crippen LogP contribution in [0.4, 0.5) is 5.69 Å². The highest BCUT2D eigenvalue weighted by Gasteiger charge is 2.10. The van der Waals surface area contributed by atoms with Gasteiger partial charge in [-0.05, 0) is 36.8 Å². The lowest BCUT2D eigenvalue weighted by Crippen LogP contribution is -2.30. The summed E-state index contributed by atoms with van der Waals surface area (Å²) >= 11 is 7.39. The third kappa shape index (κ3) is 5.57. The van der Waals surface area contributed by atoms with Crippen molar-refractivity contribution in [3.63, 3.8) is 0 Å². The summed E-state index contributed by atoms with van der Waals surface area (Å²) in [5.41, 5.74) is 1.75. The fourth-order valence-electron chi connectivity index (χ4n) is 2.14. The molecule has 24 heavy (non-hydrogen) atoms. The maximum atomic E-state index is 12.2. The molecule has 0 bridgehead atoms. The average molecular weight is 360 g/mol. The van der Waals surface area contributed by atoms with Gasteiger partial charge in [0.05, 0.1) is 24.1 Å². The molecule has 0 unspecified atom stereocenters. The molecule has 0 saturated heterocycles. The number of anilines is 1. The molecule has 0 saturated carbocycles. The van der Waals surface area contributed by atoms with E-state index in [1.165, 1.54) is 11.8 Å². The number of amides is 1. The third-order valence-electron chi connectivity index (χ3n) is 3.37. The fraction of sp³-hybridized carbons (Fsp3) is 0.222. The first-order valence-electron chi connectivity index (χ1n) is 7.47. The standard InChI is InChI=1S/C18H18ClN3OS/c1-13(14-5-4-6-15(19)11-14)21-12-18(23)22-16-7-2-3-8-17(16)24-10-9-20/h2-8,11,13,21H,10,12H2,1H3,(H,22,23)/t13-/m0/s1. The molecule has 2 aromatic rings. The third-order valence-corrected chi connectivity index (χ3v) is 4.55. The first-order chi connectivity index (χ1) is 11.6. The number of hydrogen-bond acceptors (Lipinski definition) is 4. The molecule has 0 radical (unpaired) electrons. The Kier molecular flexibility index (Phi) is 7.13. The van der Waals surface area contributed by atoms with Gasteiger partial charge in [0.2, 0.25) is 5.91 Å². The first-order valence-corrected chi connectivity index (χ1v) is 8.84. The van der Waals surface area contributed by atoms with E-state index in [2.05, 4.69) is 16.7 Å². The van der Waals surface area contributed by atoms with Crippen molar-refractivity contribution in [2.45, 2.75) is 17.9 Å². The Morgan fingerprint density at radius 1 is 1.29 bits per heavy atom. The molecular weight excluding hydrogens is 342 g/mol. The highest BCUT2D eigenvalue weighted by Crippen LogP contribution is 2.26. The van der Waals surface area contributed by atoms with E-state index >= 15 is 0 Å². The monoisotopic (exact) mass is 359 g/mol. The topological polar surface area (TPSA) is 64.9 Å². The lowest BCUT2D eigenvalue weighted by Gasteiger charge is -2.15. The van der Waals surface area contributed by atoms with Gasteiger partial charge in [-0.15, -0.1) is 11.8 Å². The Hall–Kier alpha value is -2.00.